The summed E-state index contributed by atoms with van der Waals surface area (Å²) < 4.78 is 14.6. The van der Waals surface area contributed by atoms with Crippen LogP contribution in [-0.2, 0) is 7.05 Å². The molecule has 0 saturated heterocycles. The number of halogens is 2. The normalized spacial score (nSPS) is 10.7. The van der Waals surface area contributed by atoms with Gasteiger partial charge in [-0.3, -0.25) is 4.68 Å². The van der Waals surface area contributed by atoms with E-state index in [9.17, 15) is 4.39 Å². The van der Waals surface area contributed by atoms with E-state index in [-0.39, 0.29) is 5.82 Å². The Morgan fingerprint density at radius 2 is 2.07 bits per heavy atom. The fraction of sp³-hybridized carbons (Fsp3) is 0.182. The molecule has 1 aromatic carbocycles. The van der Waals surface area contributed by atoms with E-state index >= 15 is 0 Å². The van der Waals surface area contributed by atoms with E-state index < -0.39 is 0 Å². The second-order valence-corrected chi connectivity index (χ2v) is 3.83. The van der Waals surface area contributed by atoms with E-state index in [0.717, 1.165) is 17.0 Å². The van der Waals surface area contributed by atoms with Gasteiger partial charge in [-0.05, 0) is 31.2 Å². The molecule has 1 aromatic heterocycles. The average molecular weight is 225 g/mol. The molecule has 1 heterocycles. The van der Waals surface area contributed by atoms with Gasteiger partial charge in [0, 0.05) is 12.6 Å². The van der Waals surface area contributed by atoms with Gasteiger partial charge in [0.05, 0.1) is 16.4 Å². The standard InChI is InChI=1S/C11H10ClFN2/c1-7-5-11(15(2)14-7)9-4-3-8(13)6-10(9)12/h3-6H,1-2H3. The molecule has 0 fully saturated rings. The summed E-state index contributed by atoms with van der Waals surface area (Å²) in [4.78, 5) is 0. The van der Waals surface area contributed by atoms with Crippen molar-refractivity contribution >= 4 is 11.6 Å². The van der Waals surface area contributed by atoms with Gasteiger partial charge in [-0.2, -0.15) is 5.10 Å². The van der Waals surface area contributed by atoms with Crippen LogP contribution >= 0.6 is 11.6 Å². The Hall–Kier alpha value is -1.35. The van der Waals surface area contributed by atoms with Crippen LogP contribution in [0.4, 0.5) is 4.39 Å². The van der Waals surface area contributed by atoms with Crippen molar-refractivity contribution in [2.45, 2.75) is 6.92 Å². The van der Waals surface area contributed by atoms with Gasteiger partial charge in [0.25, 0.3) is 0 Å². The van der Waals surface area contributed by atoms with Crippen molar-refractivity contribution in [1.82, 2.24) is 9.78 Å². The summed E-state index contributed by atoms with van der Waals surface area (Å²) >= 11 is 5.96. The third-order valence-electron chi connectivity index (χ3n) is 2.21. The molecule has 0 bridgehead atoms. The van der Waals surface area contributed by atoms with E-state index in [1.54, 1.807) is 10.7 Å². The molecule has 4 heteroatoms. The van der Waals surface area contributed by atoms with Crippen molar-refractivity contribution in [1.29, 1.82) is 0 Å². The predicted molar refractivity (Wildman–Crippen MR) is 58.3 cm³/mol. The molecule has 0 aliphatic rings. The van der Waals surface area contributed by atoms with E-state index in [1.165, 1.54) is 12.1 Å². The Morgan fingerprint density at radius 1 is 1.33 bits per heavy atom. The molecule has 0 N–H and O–H groups in total. The maximum Gasteiger partial charge on any atom is 0.124 e. The molecule has 0 unspecified atom stereocenters. The van der Waals surface area contributed by atoms with Crippen molar-refractivity contribution in [3.8, 4) is 11.3 Å². The van der Waals surface area contributed by atoms with Crippen LogP contribution in [0.2, 0.25) is 5.02 Å². The number of benzene rings is 1. The first kappa shape index (κ1) is 10.2. The molecule has 0 atom stereocenters. The Kier molecular flexibility index (Phi) is 2.49. The average Bonchev–Trinajstić information content (AvgIpc) is 2.45. The zero-order valence-corrected chi connectivity index (χ0v) is 9.22. The van der Waals surface area contributed by atoms with E-state index in [4.69, 9.17) is 11.6 Å². The summed E-state index contributed by atoms with van der Waals surface area (Å²) in [5, 5.41) is 4.62. The number of aromatic nitrogens is 2. The Morgan fingerprint density at radius 3 is 2.60 bits per heavy atom. The van der Waals surface area contributed by atoms with Gasteiger partial charge in [-0.1, -0.05) is 11.6 Å². The minimum absolute atomic E-state index is 0.331. The summed E-state index contributed by atoms with van der Waals surface area (Å²) in [6.07, 6.45) is 0. The predicted octanol–water partition coefficient (Wildman–Crippen LogP) is 3.19. The van der Waals surface area contributed by atoms with Crippen LogP contribution in [0.1, 0.15) is 5.69 Å². The van der Waals surface area contributed by atoms with Gasteiger partial charge in [-0.15, -0.1) is 0 Å². The topological polar surface area (TPSA) is 17.8 Å². The van der Waals surface area contributed by atoms with Crippen molar-refractivity contribution in [3.05, 3.63) is 40.8 Å². The highest BCUT2D eigenvalue weighted by atomic mass is 35.5. The molecule has 0 radical (unpaired) electrons. The fourth-order valence-electron chi connectivity index (χ4n) is 1.56. The molecule has 0 spiro atoms. The Bertz CT molecular complexity index is 505. The zero-order valence-electron chi connectivity index (χ0n) is 8.46. The van der Waals surface area contributed by atoms with Crippen LogP contribution in [0, 0.1) is 12.7 Å². The second kappa shape index (κ2) is 3.66. The summed E-state index contributed by atoms with van der Waals surface area (Å²) in [5.74, 6) is -0.331. The van der Waals surface area contributed by atoms with Gasteiger partial charge >= 0.3 is 0 Å². The second-order valence-electron chi connectivity index (χ2n) is 3.42. The van der Waals surface area contributed by atoms with Crippen molar-refractivity contribution in [2.24, 2.45) is 7.05 Å². The van der Waals surface area contributed by atoms with Gasteiger partial charge in [0.1, 0.15) is 5.82 Å². The molecule has 0 amide bonds. The highest BCUT2D eigenvalue weighted by Crippen LogP contribution is 2.28. The summed E-state index contributed by atoms with van der Waals surface area (Å²) in [5.41, 5.74) is 2.59. The summed E-state index contributed by atoms with van der Waals surface area (Å²) in [7, 11) is 1.84. The van der Waals surface area contributed by atoms with Crippen molar-refractivity contribution in [3.63, 3.8) is 0 Å². The SMILES string of the molecule is Cc1cc(-c2ccc(F)cc2Cl)n(C)n1. The lowest BCUT2D eigenvalue weighted by Crippen LogP contribution is -1.94. The molecule has 2 aromatic rings. The lowest BCUT2D eigenvalue weighted by molar-refractivity contribution is 0.628. The fourth-order valence-corrected chi connectivity index (χ4v) is 1.82. The van der Waals surface area contributed by atoms with Gasteiger partial charge in [0.2, 0.25) is 0 Å². The highest BCUT2D eigenvalue weighted by Gasteiger charge is 2.09. The lowest BCUT2D eigenvalue weighted by atomic mass is 10.1. The minimum atomic E-state index is -0.331. The highest BCUT2D eigenvalue weighted by molar-refractivity contribution is 6.33. The van der Waals surface area contributed by atoms with Crippen LogP contribution < -0.4 is 0 Å². The molecule has 0 aliphatic carbocycles. The smallest absolute Gasteiger partial charge is 0.124 e. The number of nitrogens with zero attached hydrogens (tertiary/aromatic N) is 2. The van der Waals surface area contributed by atoms with Crippen LogP contribution in [0.3, 0.4) is 0 Å². The first-order chi connectivity index (χ1) is 7.08. The largest absolute Gasteiger partial charge is 0.268 e. The summed E-state index contributed by atoms with van der Waals surface area (Å²) in [6, 6.07) is 6.27. The minimum Gasteiger partial charge on any atom is -0.268 e. The van der Waals surface area contributed by atoms with Crippen LogP contribution in [0.25, 0.3) is 11.3 Å². The number of hydrogen-bond donors (Lipinski definition) is 0. The molecule has 78 valence electrons. The Balaban J connectivity index is 2.59. The molecule has 0 saturated carbocycles. The first-order valence-corrected chi connectivity index (χ1v) is 4.92. The summed E-state index contributed by atoms with van der Waals surface area (Å²) in [6.45, 7) is 1.90. The lowest BCUT2D eigenvalue weighted by Gasteiger charge is -2.04. The van der Waals surface area contributed by atoms with Crippen molar-refractivity contribution in [2.75, 3.05) is 0 Å². The van der Waals surface area contributed by atoms with Gasteiger partial charge < -0.3 is 0 Å². The quantitative estimate of drug-likeness (QED) is 0.728. The van der Waals surface area contributed by atoms with Gasteiger partial charge in [0.15, 0.2) is 0 Å². The molecular weight excluding hydrogens is 215 g/mol. The maximum absolute atomic E-state index is 12.9. The Labute approximate surface area is 92.3 Å². The molecular formula is C11H10ClFN2. The van der Waals surface area contributed by atoms with Crippen molar-refractivity contribution < 1.29 is 4.39 Å². The molecule has 2 nitrogen and oxygen atoms in total. The molecule has 15 heavy (non-hydrogen) atoms. The zero-order chi connectivity index (χ0) is 11.0. The molecule has 0 aliphatic heterocycles. The maximum atomic E-state index is 12.9. The van der Waals surface area contributed by atoms with Crippen LogP contribution in [0.15, 0.2) is 24.3 Å². The third-order valence-corrected chi connectivity index (χ3v) is 2.52. The van der Waals surface area contributed by atoms with Crippen LogP contribution in [-0.4, -0.2) is 9.78 Å². The van der Waals surface area contributed by atoms with Crippen LogP contribution in [0.5, 0.6) is 0 Å². The van der Waals surface area contributed by atoms with Gasteiger partial charge in [-0.25, -0.2) is 4.39 Å². The molecule has 2 rings (SSSR count). The van der Waals surface area contributed by atoms with E-state index in [0.29, 0.717) is 5.02 Å². The number of aryl methyl sites for hydroxylation is 2. The third kappa shape index (κ3) is 1.88. The van der Waals surface area contributed by atoms with E-state index in [2.05, 4.69) is 5.10 Å². The number of hydrogen-bond acceptors (Lipinski definition) is 1. The first-order valence-electron chi connectivity index (χ1n) is 4.54. The number of rotatable bonds is 1. The van der Waals surface area contributed by atoms with E-state index in [1.807, 2.05) is 20.0 Å². The monoisotopic (exact) mass is 224 g/mol.